The van der Waals surface area contributed by atoms with E-state index in [4.69, 9.17) is 4.74 Å². The number of thiophene rings is 1. The normalized spacial score (nSPS) is 24.9. The molecular weight excluding hydrogens is 336 g/mol. The summed E-state index contributed by atoms with van der Waals surface area (Å²) in [6.45, 7) is 3.26. The minimum atomic E-state index is -0.365. The van der Waals surface area contributed by atoms with Gasteiger partial charge in [0, 0.05) is 17.5 Å². The van der Waals surface area contributed by atoms with Crippen LogP contribution in [0.4, 0.5) is 4.79 Å². The summed E-state index contributed by atoms with van der Waals surface area (Å²) in [6, 6.07) is 11.7. The van der Waals surface area contributed by atoms with Gasteiger partial charge in [-0.25, -0.2) is 4.79 Å². The highest BCUT2D eigenvalue weighted by Gasteiger charge is 2.35. The summed E-state index contributed by atoms with van der Waals surface area (Å²) < 4.78 is 5.48. The van der Waals surface area contributed by atoms with Crippen LogP contribution in [0.15, 0.2) is 36.4 Å². The number of ether oxygens (including phenoxy) is 1. The molecule has 2 aromatic rings. The molecule has 2 N–H and O–H groups in total. The van der Waals surface area contributed by atoms with Gasteiger partial charge in [-0.3, -0.25) is 0 Å². The fraction of sp³-hybridized carbons (Fsp3) is 0.421. The second kappa shape index (κ2) is 7.15. The lowest BCUT2D eigenvalue weighted by Gasteiger charge is -2.44. The van der Waals surface area contributed by atoms with Crippen LogP contribution in [0.1, 0.15) is 18.4 Å². The maximum Gasteiger partial charge on any atom is 0.413 e. The molecule has 3 aliphatic rings. The van der Waals surface area contributed by atoms with Crippen molar-refractivity contribution in [1.29, 1.82) is 0 Å². The van der Waals surface area contributed by atoms with Crippen molar-refractivity contribution in [1.82, 2.24) is 10.2 Å². The Labute approximate surface area is 151 Å². The highest BCUT2D eigenvalue weighted by Crippen LogP contribution is 2.33. The summed E-state index contributed by atoms with van der Waals surface area (Å²) >= 11 is 1.44. The molecule has 5 rings (SSSR count). The summed E-state index contributed by atoms with van der Waals surface area (Å²) in [5, 5.41) is 12.9. The third-order valence-electron chi connectivity index (χ3n) is 5.13. The lowest BCUT2D eigenvalue weighted by Crippen LogP contribution is -2.57. The number of aliphatic hydroxyl groups is 1. The number of hydrogen-bond donors (Lipinski definition) is 2. The third-order valence-corrected chi connectivity index (χ3v) is 6.14. The molecule has 0 radical (unpaired) electrons. The van der Waals surface area contributed by atoms with E-state index < -0.39 is 0 Å². The average Bonchev–Trinajstić information content (AvgIpc) is 3.11. The number of piperidine rings is 3. The van der Waals surface area contributed by atoms with Crippen molar-refractivity contribution in [3.8, 4) is 15.5 Å². The lowest BCUT2D eigenvalue weighted by molar-refractivity contribution is 0.0726. The van der Waals surface area contributed by atoms with Gasteiger partial charge in [0.25, 0.3) is 0 Å². The van der Waals surface area contributed by atoms with Crippen LogP contribution in [0, 0.1) is 5.92 Å². The summed E-state index contributed by atoms with van der Waals surface area (Å²) in [7, 11) is 0. The molecule has 5 nitrogen and oxygen atoms in total. The molecule has 6 heteroatoms. The van der Waals surface area contributed by atoms with Crippen LogP contribution in [0.3, 0.4) is 0 Å². The monoisotopic (exact) mass is 358 g/mol. The third kappa shape index (κ3) is 3.71. The van der Waals surface area contributed by atoms with E-state index in [1.165, 1.54) is 11.3 Å². The zero-order valence-electron chi connectivity index (χ0n) is 14.0. The molecule has 4 heterocycles. The molecule has 0 aliphatic carbocycles. The first-order valence-electron chi connectivity index (χ1n) is 8.72. The summed E-state index contributed by atoms with van der Waals surface area (Å²) in [5.74, 6) is 0.581. The summed E-state index contributed by atoms with van der Waals surface area (Å²) in [5.41, 5.74) is 1.89. The van der Waals surface area contributed by atoms with Crippen molar-refractivity contribution >= 4 is 17.4 Å². The zero-order valence-corrected chi connectivity index (χ0v) is 14.8. The molecule has 3 saturated heterocycles. The van der Waals surface area contributed by atoms with E-state index in [0.29, 0.717) is 11.0 Å². The molecule has 1 aromatic carbocycles. The number of nitrogens with one attached hydrogen (secondary N) is 1. The van der Waals surface area contributed by atoms with Crippen LogP contribution < -0.4 is 10.1 Å². The van der Waals surface area contributed by atoms with Gasteiger partial charge in [-0.15, -0.1) is 0 Å². The van der Waals surface area contributed by atoms with Crippen LogP contribution in [-0.4, -0.2) is 41.8 Å². The Bertz CT molecular complexity index is 753. The van der Waals surface area contributed by atoms with E-state index in [1.54, 1.807) is 0 Å². The van der Waals surface area contributed by atoms with E-state index in [1.807, 2.05) is 36.4 Å². The Balaban J connectivity index is 1.38. The molecule has 132 valence electrons. The van der Waals surface area contributed by atoms with Crippen LogP contribution in [0.25, 0.3) is 10.4 Å². The number of amides is 1. The average molecular weight is 358 g/mol. The first-order chi connectivity index (χ1) is 12.2. The second-order valence-corrected chi connectivity index (χ2v) is 7.80. The topological polar surface area (TPSA) is 61.8 Å². The molecule has 1 unspecified atom stereocenters. The Hall–Kier alpha value is -1.89. The number of aliphatic hydroxyl groups excluding tert-OH is 1. The van der Waals surface area contributed by atoms with Crippen molar-refractivity contribution in [2.45, 2.75) is 25.5 Å². The maximum atomic E-state index is 12.2. The van der Waals surface area contributed by atoms with Gasteiger partial charge in [-0.2, -0.15) is 0 Å². The van der Waals surface area contributed by atoms with Crippen LogP contribution >= 0.6 is 11.3 Å². The van der Waals surface area contributed by atoms with Gasteiger partial charge in [0.15, 0.2) is 5.06 Å². The highest BCUT2D eigenvalue weighted by atomic mass is 32.1. The SMILES string of the molecule is O=C(NC1CN2CCC1CC2)Oc1ccc(-c2cccc(CO)c2)s1. The summed E-state index contributed by atoms with van der Waals surface area (Å²) in [4.78, 5) is 15.6. The van der Waals surface area contributed by atoms with Crippen LogP contribution in [0.5, 0.6) is 5.06 Å². The van der Waals surface area contributed by atoms with E-state index in [9.17, 15) is 9.90 Å². The maximum absolute atomic E-state index is 12.2. The molecule has 2 bridgehead atoms. The molecule has 0 spiro atoms. The molecular formula is C19H22N2O3S. The number of benzene rings is 1. The number of fused-ring (bicyclic) bond motifs is 3. The van der Waals surface area contributed by atoms with E-state index in [-0.39, 0.29) is 18.7 Å². The molecule has 3 aliphatic heterocycles. The van der Waals surface area contributed by atoms with Gasteiger partial charge < -0.3 is 20.1 Å². The molecule has 3 fully saturated rings. The molecule has 1 aromatic heterocycles. The molecule has 25 heavy (non-hydrogen) atoms. The van der Waals surface area contributed by atoms with Gasteiger partial charge in [0.2, 0.25) is 0 Å². The van der Waals surface area contributed by atoms with Crippen molar-refractivity contribution in [3.05, 3.63) is 42.0 Å². The Morgan fingerprint density at radius 3 is 2.84 bits per heavy atom. The Kier molecular flexibility index (Phi) is 4.74. The standard InChI is InChI=1S/C19H22N2O3S/c22-12-13-2-1-3-15(10-13)17-4-5-18(25-17)24-19(23)20-16-11-21-8-6-14(16)7-9-21/h1-5,10,14,16,22H,6-9,11-12H2,(H,20,23). The zero-order chi connectivity index (χ0) is 17.2. The predicted octanol–water partition coefficient (Wildman–Crippen LogP) is 3.09. The molecule has 1 atom stereocenters. The fourth-order valence-corrected chi connectivity index (χ4v) is 4.60. The first-order valence-corrected chi connectivity index (χ1v) is 9.53. The highest BCUT2D eigenvalue weighted by molar-refractivity contribution is 7.17. The van der Waals surface area contributed by atoms with Crippen molar-refractivity contribution in [2.24, 2.45) is 5.92 Å². The van der Waals surface area contributed by atoms with Crippen molar-refractivity contribution in [2.75, 3.05) is 19.6 Å². The van der Waals surface area contributed by atoms with E-state index in [2.05, 4.69) is 10.2 Å². The minimum absolute atomic E-state index is 0.0184. The van der Waals surface area contributed by atoms with Gasteiger partial charge >= 0.3 is 6.09 Å². The van der Waals surface area contributed by atoms with Crippen molar-refractivity contribution in [3.63, 3.8) is 0 Å². The quantitative estimate of drug-likeness (QED) is 0.882. The van der Waals surface area contributed by atoms with E-state index >= 15 is 0 Å². The van der Waals surface area contributed by atoms with Gasteiger partial charge in [0.05, 0.1) is 6.61 Å². The molecule has 1 amide bonds. The largest absolute Gasteiger partial charge is 0.413 e. The van der Waals surface area contributed by atoms with Crippen LogP contribution in [0.2, 0.25) is 0 Å². The van der Waals surface area contributed by atoms with E-state index in [0.717, 1.165) is 48.5 Å². The minimum Gasteiger partial charge on any atom is -0.399 e. The second-order valence-electron chi connectivity index (χ2n) is 6.76. The number of hydrogen-bond acceptors (Lipinski definition) is 5. The fourth-order valence-electron chi connectivity index (χ4n) is 3.75. The number of nitrogens with zero attached hydrogens (tertiary/aromatic N) is 1. The predicted molar refractivity (Wildman–Crippen MR) is 97.8 cm³/mol. The van der Waals surface area contributed by atoms with Gasteiger partial charge in [-0.05, 0) is 61.2 Å². The Morgan fingerprint density at radius 1 is 1.28 bits per heavy atom. The molecule has 0 saturated carbocycles. The first kappa shape index (κ1) is 16.6. The van der Waals surface area contributed by atoms with Gasteiger partial charge in [-0.1, -0.05) is 29.5 Å². The van der Waals surface area contributed by atoms with Crippen molar-refractivity contribution < 1.29 is 14.6 Å². The number of rotatable bonds is 4. The lowest BCUT2D eigenvalue weighted by atomic mass is 9.84. The number of carbonyl (C=O) groups excluding carboxylic acids is 1. The van der Waals surface area contributed by atoms with Crippen LogP contribution in [-0.2, 0) is 6.61 Å². The summed E-state index contributed by atoms with van der Waals surface area (Å²) in [6.07, 6.45) is 1.96. The Morgan fingerprint density at radius 2 is 2.12 bits per heavy atom. The van der Waals surface area contributed by atoms with Gasteiger partial charge in [0.1, 0.15) is 0 Å². The number of carbonyl (C=O) groups is 1. The smallest absolute Gasteiger partial charge is 0.399 e.